The molecule has 0 radical (unpaired) electrons. The maximum Gasteiger partial charge on any atom is 0.166 e. The van der Waals surface area contributed by atoms with Crippen LogP contribution in [0.5, 0.6) is 11.5 Å². The van der Waals surface area contributed by atoms with Gasteiger partial charge in [-0.25, -0.2) is 39.9 Å². The molecule has 13 heteroatoms. The maximum atomic E-state index is 6.78. The summed E-state index contributed by atoms with van der Waals surface area (Å²) in [6.45, 7) is 15.3. The van der Waals surface area contributed by atoms with E-state index in [1.54, 1.807) is 0 Å². The maximum absolute atomic E-state index is 6.78. The van der Waals surface area contributed by atoms with Crippen LogP contribution >= 0.6 is 0 Å². The van der Waals surface area contributed by atoms with Gasteiger partial charge in [-0.15, -0.1) is 48.1 Å². The van der Waals surface area contributed by atoms with Crippen LogP contribution in [-0.2, 0) is 31.9 Å². The Morgan fingerprint density at radius 2 is 0.930 bits per heavy atom. The third-order valence-corrected chi connectivity index (χ3v) is 15.2. The standard InChI is InChI=1S/C73H56N11O.Pt/c1-72(2,3)51-38-40-74-63(43-51)84-60-34-20-19-33-56(60)57-37-36-55(45-62(57)84)85-54-32-21-31-53(44-54)82-46-83(71-61(82)35-22-39-75-71)64-58(69-78-65(47-23-11-7-12-24-47)76-66(79-69)48-25-13-8-14-26-48)41-52(73(4,5)6)42-59(64)70-80-67(49-27-15-9-16-28-49)77-68(81-70)50-29-17-10-18-30-50;/h7-43,46H,1-6H3;/q-3;. The second kappa shape index (κ2) is 22.5. The number of benzene rings is 8. The van der Waals surface area contributed by atoms with E-state index in [-0.39, 0.29) is 31.9 Å². The van der Waals surface area contributed by atoms with Crippen LogP contribution in [0.15, 0.2) is 225 Å². The smallest absolute Gasteiger partial charge is 0.166 e. The quantitative estimate of drug-likeness (QED) is 0.115. The molecule has 0 bridgehead atoms. The van der Waals surface area contributed by atoms with E-state index in [0.29, 0.717) is 74.8 Å². The van der Waals surface area contributed by atoms with E-state index in [4.69, 9.17) is 44.6 Å². The molecule has 8 aromatic carbocycles. The molecule has 13 aromatic rings. The van der Waals surface area contributed by atoms with Gasteiger partial charge in [0, 0.05) is 89.5 Å². The van der Waals surface area contributed by atoms with Gasteiger partial charge in [0.2, 0.25) is 0 Å². The summed E-state index contributed by atoms with van der Waals surface area (Å²) < 4.78 is 8.95. The Hall–Kier alpha value is -10.0. The second-order valence-electron chi connectivity index (χ2n) is 23.0. The van der Waals surface area contributed by atoms with E-state index in [2.05, 4.69) is 129 Å². The molecule has 0 fully saturated rings. The largest absolute Gasteiger partial charge is 0.509 e. The number of para-hydroxylation sites is 1. The van der Waals surface area contributed by atoms with Gasteiger partial charge >= 0.3 is 0 Å². The zero-order chi connectivity index (χ0) is 57.8. The Morgan fingerprint density at radius 1 is 0.419 bits per heavy atom. The monoisotopic (exact) mass is 1300 g/mol. The molecule has 0 aliphatic carbocycles. The van der Waals surface area contributed by atoms with Crippen LogP contribution in [-0.4, -0.2) is 44.4 Å². The van der Waals surface area contributed by atoms with Gasteiger partial charge in [-0.05, 0) is 69.8 Å². The van der Waals surface area contributed by atoms with Gasteiger partial charge in [0.15, 0.2) is 34.9 Å². The van der Waals surface area contributed by atoms with Gasteiger partial charge in [0.05, 0.1) is 5.69 Å². The summed E-state index contributed by atoms with van der Waals surface area (Å²) in [6, 6.07) is 78.4. The number of pyridine rings is 2. The third kappa shape index (κ3) is 10.6. The first-order valence-electron chi connectivity index (χ1n) is 28.3. The fourth-order valence-electron chi connectivity index (χ4n) is 10.8. The molecule has 422 valence electrons. The molecule has 0 saturated heterocycles. The first-order valence-corrected chi connectivity index (χ1v) is 28.3. The molecule has 0 saturated carbocycles. The fourth-order valence-corrected chi connectivity index (χ4v) is 10.8. The van der Waals surface area contributed by atoms with E-state index in [1.807, 2.05) is 171 Å². The fraction of sp³-hybridized carbons (Fsp3) is 0.110. The van der Waals surface area contributed by atoms with Gasteiger partial charge in [0.25, 0.3) is 0 Å². The van der Waals surface area contributed by atoms with Crippen molar-refractivity contribution >= 4 is 44.7 Å². The van der Waals surface area contributed by atoms with Crippen molar-refractivity contribution in [2.75, 3.05) is 9.80 Å². The number of hydrogen-bond acceptors (Lipinski definition) is 11. The van der Waals surface area contributed by atoms with E-state index >= 15 is 0 Å². The Labute approximate surface area is 514 Å². The summed E-state index contributed by atoms with van der Waals surface area (Å²) >= 11 is 0. The molecule has 1 aliphatic heterocycles. The van der Waals surface area contributed by atoms with Crippen molar-refractivity contribution in [2.24, 2.45) is 0 Å². The Morgan fingerprint density at radius 3 is 1.48 bits per heavy atom. The molecule has 0 amide bonds. The summed E-state index contributed by atoms with van der Waals surface area (Å²) in [5, 5.41) is 2.15. The number of anilines is 4. The number of nitrogens with zero attached hydrogens (tertiary/aromatic N) is 11. The molecule has 0 spiro atoms. The average Bonchev–Trinajstić information content (AvgIpc) is 3.10. The zero-order valence-electron chi connectivity index (χ0n) is 48.1. The molecule has 0 atom stereocenters. The van der Waals surface area contributed by atoms with E-state index in [9.17, 15) is 0 Å². The Kier molecular flexibility index (Phi) is 14.4. The van der Waals surface area contributed by atoms with Crippen LogP contribution in [0.2, 0.25) is 0 Å². The minimum Gasteiger partial charge on any atom is -0.509 e. The molecule has 6 heterocycles. The van der Waals surface area contributed by atoms with Crippen molar-refractivity contribution in [3.8, 4) is 85.6 Å². The summed E-state index contributed by atoms with van der Waals surface area (Å²) in [5.74, 6) is 5.49. The van der Waals surface area contributed by atoms with Gasteiger partial charge in [-0.2, -0.15) is 12.1 Å². The number of fused-ring (bicyclic) bond motifs is 4. The van der Waals surface area contributed by atoms with Crippen LogP contribution in [0.1, 0.15) is 52.7 Å². The molecule has 12 nitrogen and oxygen atoms in total. The molecule has 86 heavy (non-hydrogen) atoms. The average molecular weight is 1300 g/mol. The van der Waals surface area contributed by atoms with E-state index in [1.165, 1.54) is 5.56 Å². The third-order valence-electron chi connectivity index (χ3n) is 15.2. The summed E-state index contributed by atoms with van der Waals surface area (Å²) in [5.41, 5.74) is 10.6. The predicted octanol–water partition coefficient (Wildman–Crippen LogP) is 17.3. The molecule has 1 aliphatic rings. The molecule has 5 aromatic heterocycles. The SMILES string of the molecule is CC(C)(C)c1ccnc(-n2c3[c-]c(Oc4[c-]c(N5[CH-]N(c6c(-c7nc(-c8ccccc8)nc(-c8ccccc8)n7)cc(C(C)(C)C)cc6-c6nc(-c7ccccc7)nc(-c7ccccc7)n6)c6ncccc65)ccc4)ccc3c3ccccc32)c1.[Pt]. The summed E-state index contributed by atoms with van der Waals surface area (Å²) in [6.07, 6.45) is 3.69. The number of ether oxygens (including phenoxy) is 1. The van der Waals surface area contributed by atoms with Gasteiger partial charge in [-0.1, -0.05) is 187 Å². The minimum absolute atomic E-state index is 0. The van der Waals surface area contributed by atoms with Gasteiger partial charge < -0.3 is 19.1 Å². The molecule has 0 N–H and O–H groups in total. The van der Waals surface area contributed by atoms with Crippen molar-refractivity contribution in [3.05, 3.63) is 255 Å². The van der Waals surface area contributed by atoms with Gasteiger partial charge in [0.1, 0.15) is 11.6 Å². The van der Waals surface area contributed by atoms with Crippen LogP contribution < -0.4 is 14.5 Å². The Balaban J connectivity index is 0.00000686. The topological polar surface area (TPSA) is 124 Å². The minimum atomic E-state index is -0.379. The van der Waals surface area contributed by atoms with Crippen molar-refractivity contribution in [3.63, 3.8) is 0 Å². The first kappa shape index (κ1) is 55.2. The van der Waals surface area contributed by atoms with Crippen LogP contribution in [0.3, 0.4) is 0 Å². The van der Waals surface area contributed by atoms with Crippen LogP contribution in [0, 0.1) is 18.8 Å². The summed E-state index contributed by atoms with van der Waals surface area (Å²) in [7, 11) is 0. The summed E-state index contributed by atoms with van der Waals surface area (Å²) in [4.78, 5) is 46.1. The molecular weight excluding hydrogens is 1240 g/mol. The predicted molar refractivity (Wildman–Crippen MR) is 339 cm³/mol. The second-order valence-corrected chi connectivity index (χ2v) is 23.0. The molecule has 0 unspecified atom stereocenters. The van der Waals surface area contributed by atoms with Gasteiger partial charge in [-0.3, -0.25) is 0 Å². The normalized spacial score (nSPS) is 12.3. The molecular formula is C73H56N11OPt-3. The molecule has 14 rings (SSSR count). The van der Waals surface area contributed by atoms with E-state index in [0.717, 1.165) is 61.1 Å². The van der Waals surface area contributed by atoms with Crippen molar-refractivity contribution in [1.29, 1.82) is 0 Å². The van der Waals surface area contributed by atoms with Crippen LogP contribution in [0.25, 0.3) is 96.0 Å². The number of rotatable bonds is 11. The first-order chi connectivity index (χ1) is 41.4. The van der Waals surface area contributed by atoms with E-state index < -0.39 is 0 Å². The van der Waals surface area contributed by atoms with Crippen LogP contribution in [0.4, 0.5) is 22.9 Å². The number of hydrogen-bond donors (Lipinski definition) is 0. The van der Waals surface area contributed by atoms with Crippen molar-refractivity contribution in [2.45, 2.75) is 52.4 Å². The van der Waals surface area contributed by atoms with Crippen molar-refractivity contribution < 1.29 is 25.8 Å². The zero-order valence-corrected chi connectivity index (χ0v) is 50.4. The van der Waals surface area contributed by atoms with Crippen molar-refractivity contribution in [1.82, 2.24) is 44.4 Å². The number of aromatic nitrogens is 9. The Bertz CT molecular complexity index is 4380.